The van der Waals surface area contributed by atoms with Crippen LogP contribution in [0, 0.1) is 25.6 Å². The summed E-state index contributed by atoms with van der Waals surface area (Å²) in [7, 11) is 0. The highest BCUT2D eigenvalue weighted by molar-refractivity contribution is 5.93. The molecule has 1 amide bonds. The molecule has 6 heteroatoms. The molecule has 1 aromatic heterocycles. The number of aromatic nitrogens is 2. The van der Waals surface area contributed by atoms with Crippen molar-refractivity contribution in [2.24, 2.45) is 5.92 Å². The van der Waals surface area contributed by atoms with Crippen molar-refractivity contribution in [3.05, 3.63) is 77.4 Å². The van der Waals surface area contributed by atoms with Crippen LogP contribution in [0.4, 0.5) is 10.1 Å². The molecular weight excluding hydrogens is 367 g/mol. The highest BCUT2D eigenvalue weighted by Gasteiger charge is 2.19. The lowest BCUT2D eigenvalue weighted by atomic mass is 9.96. The Morgan fingerprint density at radius 3 is 2.34 bits per heavy atom. The van der Waals surface area contributed by atoms with Crippen LogP contribution < -0.4 is 10.6 Å². The molecule has 152 valence electrons. The van der Waals surface area contributed by atoms with Crippen molar-refractivity contribution in [2.75, 3.05) is 11.9 Å². The molecule has 0 saturated carbocycles. The Bertz CT molecular complexity index is 965. The molecule has 2 aromatic carbocycles. The Balaban J connectivity index is 1.69. The second-order valence-electron chi connectivity index (χ2n) is 7.50. The summed E-state index contributed by atoms with van der Waals surface area (Å²) in [5.74, 6) is -0.162. The number of halogens is 1. The molecule has 5 nitrogen and oxygen atoms in total. The number of carbonyl (C=O) groups excluding carboxylic acids is 1. The van der Waals surface area contributed by atoms with Crippen LogP contribution in [0.25, 0.3) is 5.69 Å². The quantitative estimate of drug-likeness (QED) is 0.618. The van der Waals surface area contributed by atoms with E-state index in [1.165, 1.54) is 12.1 Å². The van der Waals surface area contributed by atoms with E-state index in [0.29, 0.717) is 0 Å². The Morgan fingerprint density at radius 2 is 1.72 bits per heavy atom. The van der Waals surface area contributed by atoms with E-state index in [4.69, 9.17) is 0 Å². The molecule has 0 aliphatic carbocycles. The predicted molar refractivity (Wildman–Crippen MR) is 114 cm³/mol. The van der Waals surface area contributed by atoms with Gasteiger partial charge in [-0.25, -0.2) is 9.07 Å². The number of hydrogen-bond donors (Lipinski definition) is 2. The van der Waals surface area contributed by atoms with Crippen LogP contribution in [0.3, 0.4) is 0 Å². The van der Waals surface area contributed by atoms with Crippen molar-refractivity contribution in [1.29, 1.82) is 0 Å². The number of amides is 1. The Kier molecular flexibility index (Phi) is 6.44. The van der Waals surface area contributed by atoms with Gasteiger partial charge in [-0.2, -0.15) is 5.10 Å². The van der Waals surface area contributed by atoms with Crippen molar-refractivity contribution in [3.8, 4) is 5.69 Å². The molecule has 0 spiro atoms. The maximum Gasteiger partial charge on any atom is 0.238 e. The lowest BCUT2D eigenvalue weighted by molar-refractivity contribution is -0.115. The van der Waals surface area contributed by atoms with Crippen LogP contribution in [-0.2, 0) is 4.79 Å². The third-order valence-corrected chi connectivity index (χ3v) is 4.93. The molecule has 0 bridgehead atoms. The fourth-order valence-electron chi connectivity index (χ4n) is 3.44. The fourth-order valence-corrected chi connectivity index (χ4v) is 3.44. The van der Waals surface area contributed by atoms with E-state index in [1.54, 1.807) is 12.1 Å². The summed E-state index contributed by atoms with van der Waals surface area (Å²) in [6.07, 6.45) is 0. The molecule has 1 heterocycles. The maximum absolute atomic E-state index is 13.2. The van der Waals surface area contributed by atoms with Gasteiger partial charge in [0.05, 0.1) is 29.3 Å². The van der Waals surface area contributed by atoms with E-state index < -0.39 is 0 Å². The lowest BCUT2D eigenvalue weighted by Crippen LogP contribution is -2.33. The molecule has 3 aromatic rings. The molecule has 29 heavy (non-hydrogen) atoms. The van der Waals surface area contributed by atoms with Crippen molar-refractivity contribution < 1.29 is 9.18 Å². The Labute approximate surface area is 170 Å². The Morgan fingerprint density at radius 1 is 1.07 bits per heavy atom. The largest absolute Gasteiger partial charge is 0.322 e. The summed E-state index contributed by atoms with van der Waals surface area (Å²) in [6.45, 7) is 8.10. The summed E-state index contributed by atoms with van der Waals surface area (Å²) in [5.41, 5.74) is 4.27. The third-order valence-electron chi connectivity index (χ3n) is 4.93. The summed E-state index contributed by atoms with van der Waals surface area (Å²) in [6, 6.07) is 16.2. The molecule has 0 radical (unpaired) electrons. The van der Waals surface area contributed by atoms with Crippen molar-refractivity contribution in [2.45, 2.75) is 33.7 Å². The Hall–Kier alpha value is -2.99. The smallest absolute Gasteiger partial charge is 0.238 e. The van der Waals surface area contributed by atoms with E-state index in [1.807, 2.05) is 48.9 Å². The number of benzene rings is 2. The third kappa shape index (κ3) is 4.90. The van der Waals surface area contributed by atoms with E-state index in [9.17, 15) is 9.18 Å². The van der Waals surface area contributed by atoms with Crippen molar-refractivity contribution in [1.82, 2.24) is 15.1 Å². The zero-order valence-corrected chi connectivity index (χ0v) is 17.2. The molecule has 0 saturated heterocycles. The number of hydrogen-bond acceptors (Lipinski definition) is 3. The van der Waals surface area contributed by atoms with Gasteiger partial charge in [0.2, 0.25) is 5.91 Å². The van der Waals surface area contributed by atoms with Gasteiger partial charge in [0.25, 0.3) is 0 Å². The molecule has 0 aliphatic heterocycles. The van der Waals surface area contributed by atoms with Gasteiger partial charge in [-0.3, -0.25) is 4.79 Å². The zero-order chi connectivity index (χ0) is 21.0. The first kappa shape index (κ1) is 20.7. The van der Waals surface area contributed by atoms with E-state index in [2.05, 4.69) is 29.6 Å². The molecule has 0 aliphatic rings. The predicted octanol–water partition coefficient (Wildman–Crippen LogP) is 4.55. The number of nitrogens with one attached hydrogen (secondary N) is 2. The standard InChI is InChI=1S/C23H27FN4O/c1-15(2)22(18-10-12-19(24)13-11-18)25-14-21(29)26-23-16(3)27-28(17(23)4)20-8-6-5-7-9-20/h5-13,15,22,25H,14H2,1-4H3,(H,26,29)/t22-/m0/s1. The number of rotatable bonds is 7. The van der Waals surface area contributed by atoms with Gasteiger partial charge < -0.3 is 10.6 Å². The summed E-state index contributed by atoms with van der Waals surface area (Å²) < 4.78 is 15.0. The normalized spacial score (nSPS) is 12.2. The monoisotopic (exact) mass is 394 g/mol. The van der Waals surface area contributed by atoms with Crippen LogP contribution in [0.2, 0.25) is 0 Å². The van der Waals surface area contributed by atoms with E-state index >= 15 is 0 Å². The van der Waals surface area contributed by atoms with Gasteiger partial charge in [0, 0.05) is 6.04 Å². The molecule has 3 rings (SSSR count). The minimum atomic E-state index is -0.268. The van der Waals surface area contributed by atoms with Gasteiger partial charge in [0.15, 0.2) is 0 Å². The highest BCUT2D eigenvalue weighted by atomic mass is 19.1. The molecule has 1 atom stereocenters. The number of aryl methyl sites for hydroxylation is 1. The summed E-state index contributed by atoms with van der Waals surface area (Å²) in [4.78, 5) is 12.6. The first-order chi connectivity index (χ1) is 13.9. The lowest BCUT2D eigenvalue weighted by Gasteiger charge is -2.23. The van der Waals surface area contributed by atoms with Gasteiger partial charge in [-0.15, -0.1) is 0 Å². The first-order valence-corrected chi connectivity index (χ1v) is 9.77. The maximum atomic E-state index is 13.2. The average Bonchev–Trinajstić information content (AvgIpc) is 2.98. The molecule has 2 N–H and O–H groups in total. The van der Waals surface area contributed by atoms with Crippen LogP contribution in [0.15, 0.2) is 54.6 Å². The first-order valence-electron chi connectivity index (χ1n) is 9.77. The fraction of sp³-hybridized carbons (Fsp3) is 0.304. The number of nitrogens with zero attached hydrogens (tertiary/aromatic N) is 2. The average molecular weight is 394 g/mol. The zero-order valence-electron chi connectivity index (χ0n) is 17.2. The van der Waals surface area contributed by atoms with Crippen LogP contribution in [0.5, 0.6) is 0 Å². The van der Waals surface area contributed by atoms with Crippen LogP contribution >= 0.6 is 0 Å². The number of carbonyl (C=O) groups is 1. The molecule has 0 unspecified atom stereocenters. The second-order valence-corrected chi connectivity index (χ2v) is 7.50. The van der Waals surface area contributed by atoms with Crippen molar-refractivity contribution >= 4 is 11.6 Å². The summed E-state index contributed by atoms with van der Waals surface area (Å²) >= 11 is 0. The molecular formula is C23H27FN4O. The van der Waals surface area contributed by atoms with Gasteiger partial charge in [-0.1, -0.05) is 44.2 Å². The minimum Gasteiger partial charge on any atom is -0.322 e. The van der Waals surface area contributed by atoms with E-state index in [-0.39, 0.29) is 30.2 Å². The molecule has 0 fully saturated rings. The highest BCUT2D eigenvalue weighted by Crippen LogP contribution is 2.24. The van der Waals surface area contributed by atoms with Gasteiger partial charge >= 0.3 is 0 Å². The summed E-state index contributed by atoms with van der Waals surface area (Å²) in [5, 5.41) is 10.8. The topological polar surface area (TPSA) is 59.0 Å². The van der Waals surface area contributed by atoms with Crippen molar-refractivity contribution in [3.63, 3.8) is 0 Å². The van der Waals surface area contributed by atoms with Gasteiger partial charge in [0.1, 0.15) is 5.82 Å². The van der Waals surface area contributed by atoms with Crippen LogP contribution in [-0.4, -0.2) is 22.2 Å². The van der Waals surface area contributed by atoms with Crippen LogP contribution in [0.1, 0.15) is 36.8 Å². The second kappa shape index (κ2) is 9.01. The minimum absolute atomic E-state index is 0.0458. The van der Waals surface area contributed by atoms with E-state index in [0.717, 1.165) is 28.3 Å². The SMILES string of the molecule is Cc1nn(-c2ccccc2)c(C)c1NC(=O)CN[C@H](c1ccc(F)cc1)C(C)C. The number of anilines is 1. The number of para-hydroxylation sites is 1. The van der Waals surface area contributed by atoms with Gasteiger partial charge in [-0.05, 0) is 49.6 Å².